The fourth-order valence-corrected chi connectivity index (χ4v) is 2.31. The van der Waals surface area contributed by atoms with Crippen molar-refractivity contribution in [1.29, 1.82) is 0 Å². The van der Waals surface area contributed by atoms with Gasteiger partial charge in [-0.05, 0) is 61.0 Å². The van der Waals surface area contributed by atoms with Gasteiger partial charge in [-0.3, -0.25) is 4.79 Å². The monoisotopic (exact) mass is 351 g/mol. The van der Waals surface area contributed by atoms with Gasteiger partial charge in [0.05, 0.1) is 18.9 Å². The van der Waals surface area contributed by atoms with Crippen LogP contribution in [0.5, 0.6) is 11.5 Å². The van der Waals surface area contributed by atoms with E-state index in [0.29, 0.717) is 22.7 Å². The maximum Gasteiger partial charge on any atom is 0.343 e. The highest BCUT2D eigenvalue weighted by molar-refractivity contribution is 6.02. The lowest BCUT2D eigenvalue weighted by molar-refractivity contribution is 0.0729. The molecule has 6 nitrogen and oxygen atoms in total. The van der Waals surface area contributed by atoms with Crippen LogP contribution >= 0.6 is 0 Å². The Morgan fingerprint density at radius 2 is 1.77 bits per heavy atom. The number of anilines is 1. The maximum atomic E-state index is 12.3. The van der Waals surface area contributed by atoms with Crippen LogP contribution in [0.15, 0.2) is 65.3 Å². The Morgan fingerprint density at radius 1 is 1.00 bits per heavy atom. The zero-order valence-electron chi connectivity index (χ0n) is 14.3. The minimum absolute atomic E-state index is 0.208. The second-order valence-corrected chi connectivity index (χ2v) is 5.55. The number of furan rings is 1. The van der Waals surface area contributed by atoms with Crippen molar-refractivity contribution in [3.8, 4) is 11.5 Å². The summed E-state index contributed by atoms with van der Waals surface area (Å²) in [6.07, 6.45) is 1.42. The molecule has 1 heterocycles. The fraction of sp³-hybridized carbons (Fsp3) is 0.100. The third kappa shape index (κ3) is 3.92. The predicted octanol–water partition coefficient (Wildman–Crippen LogP) is 4.07. The van der Waals surface area contributed by atoms with Crippen molar-refractivity contribution >= 4 is 17.6 Å². The van der Waals surface area contributed by atoms with Crippen molar-refractivity contribution < 1.29 is 23.5 Å². The number of ether oxygens (including phenoxy) is 2. The second kappa shape index (κ2) is 7.57. The number of carbonyl (C=O) groups excluding carboxylic acids is 2. The largest absolute Gasteiger partial charge is 0.493 e. The summed E-state index contributed by atoms with van der Waals surface area (Å²) in [5.41, 5.74) is 1.89. The van der Waals surface area contributed by atoms with E-state index in [2.05, 4.69) is 5.32 Å². The molecule has 0 fully saturated rings. The van der Waals surface area contributed by atoms with Gasteiger partial charge in [0.2, 0.25) is 0 Å². The zero-order chi connectivity index (χ0) is 18.5. The molecule has 0 aliphatic carbocycles. The first-order valence-electron chi connectivity index (χ1n) is 7.88. The summed E-state index contributed by atoms with van der Waals surface area (Å²) in [4.78, 5) is 24.2. The van der Waals surface area contributed by atoms with Crippen molar-refractivity contribution in [1.82, 2.24) is 0 Å². The van der Waals surface area contributed by atoms with Crippen LogP contribution in [0.2, 0.25) is 0 Å². The average molecular weight is 351 g/mol. The first-order valence-corrected chi connectivity index (χ1v) is 7.88. The maximum absolute atomic E-state index is 12.3. The number of methoxy groups -OCH3 is 1. The SMILES string of the molecule is COc1cc(C)ccc1OC(=O)c1ccc(NC(=O)c2ccco2)cc1. The van der Waals surface area contributed by atoms with Gasteiger partial charge >= 0.3 is 5.97 Å². The van der Waals surface area contributed by atoms with E-state index in [1.807, 2.05) is 13.0 Å². The van der Waals surface area contributed by atoms with E-state index in [1.54, 1.807) is 48.5 Å². The number of aryl methyl sites for hydroxylation is 1. The molecular formula is C20H17NO5. The Balaban J connectivity index is 1.68. The lowest BCUT2D eigenvalue weighted by Gasteiger charge is -2.10. The van der Waals surface area contributed by atoms with Crippen molar-refractivity contribution in [3.63, 3.8) is 0 Å². The van der Waals surface area contributed by atoms with Crippen molar-refractivity contribution in [2.75, 3.05) is 12.4 Å². The van der Waals surface area contributed by atoms with Gasteiger partial charge < -0.3 is 19.2 Å². The van der Waals surface area contributed by atoms with Gasteiger partial charge in [-0.1, -0.05) is 6.07 Å². The first kappa shape index (κ1) is 17.3. The Morgan fingerprint density at radius 3 is 2.42 bits per heavy atom. The average Bonchev–Trinajstić information content (AvgIpc) is 3.18. The van der Waals surface area contributed by atoms with E-state index >= 15 is 0 Å². The Kier molecular flexibility index (Phi) is 5.03. The lowest BCUT2D eigenvalue weighted by Crippen LogP contribution is -2.12. The number of rotatable bonds is 5. The minimum Gasteiger partial charge on any atom is -0.493 e. The predicted molar refractivity (Wildman–Crippen MR) is 95.8 cm³/mol. The fourth-order valence-electron chi connectivity index (χ4n) is 2.31. The smallest absolute Gasteiger partial charge is 0.343 e. The molecule has 1 aromatic heterocycles. The summed E-state index contributed by atoms with van der Waals surface area (Å²) in [6, 6.07) is 14.9. The van der Waals surface area contributed by atoms with Crippen LogP contribution in [0.3, 0.4) is 0 Å². The molecule has 0 radical (unpaired) electrons. The lowest BCUT2D eigenvalue weighted by atomic mass is 10.2. The minimum atomic E-state index is -0.518. The van der Waals surface area contributed by atoms with Crippen LogP contribution in [0, 0.1) is 6.92 Å². The molecule has 0 aliphatic rings. The third-order valence-electron chi connectivity index (χ3n) is 3.65. The van der Waals surface area contributed by atoms with Gasteiger partial charge in [-0.25, -0.2) is 4.79 Å². The van der Waals surface area contributed by atoms with E-state index in [-0.39, 0.29) is 11.7 Å². The Labute approximate surface area is 150 Å². The molecule has 0 spiro atoms. The summed E-state index contributed by atoms with van der Waals surface area (Å²) in [7, 11) is 1.52. The number of hydrogen-bond donors (Lipinski definition) is 1. The molecule has 0 aliphatic heterocycles. The highest BCUT2D eigenvalue weighted by Crippen LogP contribution is 2.28. The van der Waals surface area contributed by atoms with E-state index in [4.69, 9.17) is 13.9 Å². The molecule has 132 valence electrons. The van der Waals surface area contributed by atoms with E-state index in [1.165, 1.54) is 13.4 Å². The van der Waals surface area contributed by atoms with Crippen LogP contribution in [0.4, 0.5) is 5.69 Å². The molecule has 0 saturated heterocycles. The van der Waals surface area contributed by atoms with E-state index in [0.717, 1.165) is 5.56 Å². The molecule has 1 N–H and O–H groups in total. The highest BCUT2D eigenvalue weighted by atomic mass is 16.6. The summed E-state index contributed by atoms with van der Waals surface area (Å²) < 4.78 is 15.6. The molecule has 0 atom stereocenters. The molecule has 6 heteroatoms. The summed E-state index contributed by atoms with van der Waals surface area (Å²) in [6.45, 7) is 1.92. The number of hydrogen-bond acceptors (Lipinski definition) is 5. The van der Waals surface area contributed by atoms with Crippen LogP contribution in [0.25, 0.3) is 0 Å². The van der Waals surface area contributed by atoms with E-state index < -0.39 is 5.97 Å². The van der Waals surface area contributed by atoms with Crippen LogP contribution in [-0.4, -0.2) is 19.0 Å². The van der Waals surface area contributed by atoms with Crippen molar-refractivity contribution in [2.24, 2.45) is 0 Å². The standard InChI is InChI=1S/C20H17NO5/c1-13-5-10-16(18(12-13)24-2)26-20(23)14-6-8-15(9-7-14)21-19(22)17-4-3-11-25-17/h3-12H,1-2H3,(H,21,22). The van der Waals surface area contributed by atoms with Gasteiger partial charge in [0, 0.05) is 5.69 Å². The van der Waals surface area contributed by atoms with Gasteiger partial charge in [-0.15, -0.1) is 0 Å². The molecule has 0 bridgehead atoms. The third-order valence-corrected chi connectivity index (χ3v) is 3.65. The molecule has 2 aromatic carbocycles. The van der Waals surface area contributed by atoms with Gasteiger partial charge in [0.15, 0.2) is 17.3 Å². The Hall–Kier alpha value is -3.54. The topological polar surface area (TPSA) is 77.8 Å². The summed E-state index contributed by atoms with van der Waals surface area (Å²) in [5.74, 6) is 0.157. The molecule has 1 amide bonds. The second-order valence-electron chi connectivity index (χ2n) is 5.55. The number of carbonyl (C=O) groups is 2. The molecule has 0 unspecified atom stereocenters. The first-order chi connectivity index (χ1) is 12.6. The van der Waals surface area contributed by atoms with E-state index in [9.17, 15) is 9.59 Å². The quantitative estimate of drug-likeness (QED) is 0.554. The number of benzene rings is 2. The number of esters is 1. The van der Waals surface area contributed by atoms with Crippen LogP contribution in [-0.2, 0) is 0 Å². The van der Waals surface area contributed by atoms with Gasteiger partial charge in [0.1, 0.15) is 0 Å². The van der Waals surface area contributed by atoms with Crippen LogP contribution in [0.1, 0.15) is 26.5 Å². The molecule has 0 saturated carbocycles. The molecule has 26 heavy (non-hydrogen) atoms. The Bertz CT molecular complexity index is 914. The van der Waals surface area contributed by atoms with Crippen molar-refractivity contribution in [2.45, 2.75) is 6.92 Å². The number of nitrogens with one attached hydrogen (secondary N) is 1. The highest BCUT2D eigenvalue weighted by Gasteiger charge is 2.13. The zero-order valence-corrected chi connectivity index (χ0v) is 14.3. The number of amides is 1. The normalized spacial score (nSPS) is 10.2. The molecule has 3 aromatic rings. The van der Waals surface area contributed by atoms with Crippen LogP contribution < -0.4 is 14.8 Å². The molecular weight excluding hydrogens is 334 g/mol. The van der Waals surface area contributed by atoms with Gasteiger partial charge in [0.25, 0.3) is 5.91 Å². The van der Waals surface area contributed by atoms with Gasteiger partial charge in [-0.2, -0.15) is 0 Å². The summed E-state index contributed by atoms with van der Waals surface area (Å²) in [5, 5.41) is 2.68. The molecule has 3 rings (SSSR count). The summed E-state index contributed by atoms with van der Waals surface area (Å²) >= 11 is 0. The van der Waals surface area contributed by atoms with Crippen molar-refractivity contribution in [3.05, 3.63) is 77.7 Å².